The molecule has 3 rings (SSSR count). The predicted octanol–water partition coefficient (Wildman–Crippen LogP) is 2.52. The van der Waals surface area contributed by atoms with Crippen LogP contribution in [0.1, 0.15) is 5.56 Å². The third kappa shape index (κ3) is 5.15. The maximum Gasteiger partial charge on any atom is 0.273 e. The van der Waals surface area contributed by atoms with Crippen molar-refractivity contribution in [3.63, 3.8) is 0 Å². The average molecular weight is 366 g/mol. The van der Waals surface area contributed by atoms with Crippen molar-refractivity contribution in [1.82, 2.24) is 15.1 Å². The molecule has 1 heterocycles. The van der Waals surface area contributed by atoms with Gasteiger partial charge < -0.3 is 10.1 Å². The molecule has 8 heteroatoms. The van der Waals surface area contributed by atoms with Crippen LogP contribution < -0.4 is 10.1 Å². The van der Waals surface area contributed by atoms with Crippen LogP contribution in [0.2, 0.25) is 0 Å². The number of nitro benzene ring substituents is 1. The maximum absolute atomic E-state index is 11.9. The molecule has 0 unspecified atom stereocenters. The first-order valence-corrected chi connectivity index (χ1v) is 8.35. The number of nitrogens with one attached hydrogen (secondary N) is 1. The van der Waals surface area contributed by atoms with Crippen LogP contribution in [0.3, 0.4) is 0 Å². The molecule has 0 radical (unpaired) electrons. The molecule has 0 aliphatic heterocycles. The number of aromatic nitrogens is 2. The van der Waals surface area contributed by atoms with E-state index in [9.17, 15) is 14.9 Å². The number of amides is 1. The molecule has 0 saturated heterocycles. The number of carbonyl (C=O) groups excluding carboxylic acids is 1. The van der Waals surface area contributed by atoms with E-state index in [-0.39, 0.29) is 24.0 Å². The fourth-order valence-electron chi connectivity index (χ4n) is 2.47. The second kappa shape index (κ2) is 8.61. The molecule has 8 nitrogen and oxygen atoms in total. The van der Waals surface area contributed by atoms with E-state index in [0.29, 0.717) is 13.0 Å². The van der Waals surface area contributed by atoms with Gasteiger partial charge in [-0.15, -0.1) is 0 Å². The Labute approximate surface area is 155 Å². The molecule has 138 valence electrons. The highest BCUT2D eigenvalue weighted by Gasteiger charge is 2.08. The number of non-ortho nitro benzene ring substituents is 1. The molecule has 0 aliphatic rings. The quantitative estimate of drug-likeness (QED) is 0.488. The number of rotatable bonds is 8. The molecular formula is C19H18N4O4. The van der Waals surface area contributed by atoms with Crippen molar-refractivity contribution in [3.05, 3.63) is 82.7 Å². The maximum atomic E-state index is 11.9. The summed E-state index contributed by atoms with van der Waals surface area (Å²) < 4.78 is 7.07. The molecule has 0 atom stereocenters. The van der Waals surface area contributed by atoms with Gasteiger partial charge in [0.2, 0.25) is 0 Å². The van der Waals surface area contributed by atoms with Gasteiger partial charge in [-0.25, -0.2) is 4.68 Å². The summed E-state index contributed by atoms with van der Waals surface area (Å²) in [6.45, 7) is 0.275. The van der Waals surface area contributed by atoms with Crippen LogP contribution in [0.4, 0.5) is 5.69 Å². The van der Waals surface area contributed by atoms with E-state index in [2.05, 4.69) is 10.4 Å². The molecule has 0 fully saturated rings. The number of carbonyl (C=O) groups is 1. The van der Waals surface area contributed by atoms with Gasteiger partial charge >= 0.3 is 0 Å². The zero-order valence-electron chi connectivity index (χ0n) is 14.4. The molecule has 1 N–H and O–H groups in total. The summed E-state index contributed by atoms with van der Waals surface area (Å²) in [5, 5.41) is 17.7. The Morgan fingerprint density at radius 3 is 2.70 bits per heavy atom. The largest absolute Gasteiger partial charge is 0.484 e. The second-order valence-corrected chi connectivity index (χ2v) is 5.76. The zero-order valence-corrected chi connectivity index (χ0v) is 14.4. The van der Waals surface area contributed by atoms with Gasteiger partial charge in [0.15, 0.2) is 6.61 Å². The minimum Gasteiger partial charge on any atom is -0.484 e. The minimum absolute atomic E-state index is 0.0773. The van der Waals surface area contributed by atoms with Crippen LogP contribution in [-0.4, -0.2) is 33.8 Å². The Hall–Kier alpha value is -3.68. The Bertz CT molecular complexity index is 908. The highest BCUT2D eigenvalue weighted by atomic mass is 16.6. The van der Waals surface area contributed by atoms with Gasteiger partial charge in [-0.1, -0.05) is 18.2 Å². The van der Waals surface area contributed by atoms with E-state index in [4.69, 9.17) is 4.74 Å². The summed E-state index contributed by atoms with van der Waals surface area (Å²) in [7, 11) is 0. The highest BCUT2D eigenvalue weighted by Crippen LogP contribution is 2.18. The van der Waals surface area contributed by atoms with E-state index in [1.807, 2.05) is 36.5 Å². The fraction of sp³-hybridized carbons (Fsp3) is 0.158. The van der Waals surface area contributed by atoms with Gasteiger partial charge in [-0.3, -0.25) is 14.9 Å². The molecular weight excluding hydrogens is 348 g/mol. The predicted molar refractivity (Wildman–Crippen MR) is 98.9 cm³/mol. The van der Waals surface area contributed by atoms with E-state index >= 15 is 0 Å². The first kappa shape index (κ1) is 18.1. The van der Waals surface area contributed by atoms with Crippen molar-refractivity contribution in [2.75, 3.05) is 13.2 Å². The van der Waals surface area contributed by atoms with Crippen molar-refractivity contribution < 1.29 is 14.5 Å². The Kier molecular flexibility index (Phi) is 5.78. The number of nitro groups is 1. The molecule has 0 aliphatic carbocycles. The van der Waals surface area contributed by atoms with Crippen LogP contribution in [0.25, 0.3) is 5.69 Å². The zero-order chi connectivity index (χ0) is 19.1. The summed E-state index contributed by atoms with van der Waals surface area (Å²) in [5.74, 6) is 0.00299. The van der Waals surface area contributed by atoms with Gasteiger partial charge in [0.1, 0.15) is 5.75 Å². The normalized spacial score (nSPS) is 10.4. The molecule has 0 bridgehead atoms. The summed E-state index contributed by atoms with van der Waals surface area (Å²) in [6.07, 6.45) is 4.28. The number of benzene rings is 2. The number of hydrogen-bond donors (Lipinski definition) is 1. The van der Waals surface area contributed by atoms with Gasteiger partial charge in [-0.2, -0.15) is 5.10 Å². The third-order valence-corrected chi connectivity index (χ3v) is 3.84. The lowest BCUT2D eigenvalue weighted by Gasteiger charge is -2.08. The van der Waals surface area contributed by atoms with Crippen molar-refractivity contribution >= 4 is 11.6 Å². The van der Waals surface area contributed by atoms with Crippen LogP contribution >= 0.6 is 0 Å². The topological polar surface area (TPSA) is 99.3 Å². The molecule has 27 heavy (non-hydrogen) atoms. The molecule has 3 aromatic rings. The van der Waals surface area contributed by atoms with Crippen molar-refractivity contribution in [2.24, 2.45) is 0 Å². The van der Waals surface area contributed by atoms with Crippen molar-refractivity contribution in [2.45, 2.75) is 6.42 Å². The van der Waals surface area contributed by atoms with Crippen LogP contribution in [0.15, 0.2) is 67.0 Å². The fourth-order valence-corrected chi connectivity index (χ4v) is 2.47. The number of hydrogen-bond acceptors (Lipinski definition) is 5. The molecule has 0 spiro atoms. The number of nitrogens with zero attached hydrogens (tertiary/aromatic N) is 3. The van der Waals surface area contributed by atoms with Crippen molar-refractivity contribution in [3.8, 4) is 11.4 Å². The summed E-state index contributed by atoms with van der Waals surface area (Å²) in [6, 6.07) is 15.5. The lowest BCUT2D eigenvalue weighted by Crippen LogP contribution is -2.30. The summed E-state index contributed by atoms with van der Waals surface area (Å²) in [5.41, 5.74) is 1.98. The van der Waals surface area contributed by atoms with E-state index in [0.717, 1.165) is 11.3 Å². The Morgan fingerprint density at radius 2 is 2.00 bits per heavy atom. The van der Waals surface area contributed by atoms with Gasteiger partial charge in [0.25, 0.3) is 11.6 Å². The molecule has 2 aromatic carbocycles. The molecule has 1 aromatic heterocycles. The molecule has 0 saturated carbocycles. The average Bonchev–Trinajstić information content (AvgIpc) is 3.22. The van der Waals surface area contributed by atoms with Crippen LogP contribution in [0.5, 0.6) is 5.75 Å². The van der Waals surface area contributed by atoms with E-state index in [1.54, 1.807) is 16.9 Å². The first-order valence-electron chi connectivity index (χ1n) is 8.35. The Morgan fingerprint density at radius 1 is 1.19 bits per heavy atom. The highest BCUT2D eigenvalue weighted by molar-refractivity contribution is 5.77. The smallest absolute Gasteiger partial charge is 0.273 e. The van der Waals surface area contributed by atoms with E-state index in [1.165, 1.54) is 18.2 Å². The lowest BCUT2D eigenvalue weighted by atomic mass is 10.1. The van der Waals surface area contributed by atoms with Gasteiger partial charge in [0.05, 0.1) is 16.7 Å². The van der Waals surface area contributed by atoms with Crippen molar-refractivity contribution in [1.29, 1.82) is 0 Å². The monoisotopic (exact) mass is 366 g/mol. The Balaban J connectivity index is 1.42. The summed E-state index contributed by atoms with van der Waals surface area (Å²) in [4.78, 5) is 22.1. The lowest BCUT2D eigenvalue weighted by molar-refractivity contribution is -0.384. The molecule has 1 amide bonds. The number of ether oxygens (including phenoxy) is 1. The SMILES string of the molecule is O=C(COc1cccc([N+](=O)[O-])c1)NCCc1ccc(-n2cccn2)cc1. The minimum atomic E-state index is -0.509. The van der Waals surface area contributed by atoms with Crippen LogP contribution in [-0.2, 0) is 11.2 Å². The standard InChI is InChI=1S/C19H18N4O4/c24-19(14-27-18-4-1-3-17(13-18)23(25)26)20-11-9-15-5-7-16(8-6-15)22-12-2-10-21-22/h1-8,10,12-13H,9,11,14H2,(H,20,24). The van der Waals surface area contributed by atoms with Crippen LogP contribution in [0, 0.1) is 10.1 Å². The first-order chi connectivity index (χ1) is 13.1. The van der Waals surface area contributed by atoms with E-state index < -0.39 is 4.92 Å². The van der Waals surface area contributed by atoms with Gasteiger partial charge in [-0.05, 0) is 36.2 Å². The van der Waals surface area contributed by atoms with Gasteiger partial charge in [0, 0.05) is 25.0 Å². The third-order valence-electron chi connectivity index (χ3n) is 3.84. The summed E-state index contributed by atoms with van der Waals surface area (Å²) >= 11 is 0. The second-order valence-electron chi connectivity index (χ2n) is 5.76.